The predicted molar refractivity (Wildman–Crippen MR) is 74.1 cm³/mol. The standard InChI is InChI=1S/C13H8Cl2FNO3/c14-7-8-2-1-3-10(15)13(8)20-12-5-4-9(17(18)19)6-11(12)16/h1-6H,7H2. The maximum Gasteiger partial charge on any atom is 0.272 e. The number of hydrogen-bond acceptors (Lipinski definition) is 3. The van der Waals surface area contributed by atoms with Crippen LogP contribution in [0.15, 0.2) is 36.4 Å². The van der Waals surface area contributed by atoms with E-state index in [4.69, 9.17) is 27.9 Å². The van der Waals surface area contributed by atoms with Gasteiger partial charge in [-0.3, -0.25) is 10.1 Å². The van der Waals surface area contributed by atoms with E-state index in [2.05, 4.69) is 0 Å². The highest BCUT2D eigenvalue weighted by Crippen LogP contribution is 2.35. The van der Waals surface area contributed by atoms with Gasteiger partial charge in [-0.2, -0.15) is 0 Å². The summed E-state index contributed by atoms with van der Waals surface area (Å²) in [5.41, 5.74) is 0.239. The van der Waals surface area contributed by atoms with Crippen molar-refractivity contribution in [2.24, 2.45) is 0 Å². The Morgan fingerprint density at radius 2 is 2.05 bits per heavy atom. The molecule has 2 rings (SSSR count). The Morgan fingerprint density at radius 3 is 2.65 bits per heavy atom. The van der Waals surface area contributed by atoms with Crippen molar-refractivity contribution in [1.29, 1.82) is 0 Å². The van der Waals surface area contributed by atoms with E-state index in [1.54, 1.807) is 18.2 Å². The van der Waals surface area contributed by atoms with E-state index >= 15 is 0 Å². The highest BCUT2D eigenvalue weighted by atomic mass is 35.5. The highest BCUT2D eigenvalue weighted by Gasteiger charge is 2.15. The Balaban J connectivity index is 2.38. The van der Waals surface area contributed by atoms with E-state index in [0.717, 1.165) is 12.1 Å². The van der Waals surface area contributed by atoms with Gasteiger partial charge in [0.1, 0.15) is 0 Å². The van der Waals surface area contributed by atoms with Gasteiger partial charge in [0.05, 0.1) is 21.9 Å². The maximum atomic E-state index is 13.8. The number of nitro benzene ring substituents is 1. The van der Waals surface area contributed by atoms with Gasteiger partial charge in [-0.05, 0) is 12.1 Å². The van der Waals surface area contributed by atoms with Gasteiger partial charge >= 0.3 is 0 Å². The van der Waals surface area contributed by atoms with Crippen LogP contribution in [0.4, 0.5) is 10.1 Å². The molecule has 0 aliphatic rings. The third kappa shape index (κ3) is 3.00. The number of halogens is 3. The second-order valence-electron chi connectivity index (χ2n) is 3.84. The molecule has 0 spiro atoms. The van der Waals surface area contributed by atoms with E-state index in [-0.39, 0.29) is 28.1 Å². The van der Waals surface area contributed by atoms with Gasteiger partial charge < -0.3 is 4.74 Å². The molecule has 0 bridgehead atoms. The molecule has 0 aliphatic heterocycles. The SMILES string of the molecule is O=[N+]([O-])c1ccc(Oc2c(Cl)cccc2CCl)c(F)c1. The molecule has 0 radical (unpaired) electrons. The van der Waals surface area contributed by atoms with Crippen molar-refractivity contribution in [1.82, 2.24) is 0 Å². The van der Waals surface area contributed by atoms with Gasteiger partial charge in [0.15, 0.2) is 17.3 Å². The predicted octanol–water partition coefficient (Wildman–Crippen LogP) is 4.92. The normalized spacial score (nSPS) is 10.3. The van der Waals surface area contributed by atoms with Crippen LogP contribution >= 0.6 is 23.2 Å². The summed E-state index contributed by atoms with van der Waals surface area (Å²) in [5.74, 6) is -0.628. The molecule has 2 aromatic rings. The summed E-state index contributed by atoms with van der Waals surface area (Å²) in [6.07, 6.45) is 0. The zero-order valence-corrected chi connectivity index (χ0v) is 11.5. The van der Waals surface area contributed by atoms with Gasteiger partial charge in [-0.25, -0.2) is 4.39 Å². The number of ether oxygens (including phenoxy) is 1. The van der Waals surface area contributed by atoms with Crippen LogP contribution in [-0.4, -0.2) is 4.92 Å². The minimum atomic E-state index is -0.848. The highest BCUT2D eigenvalue weighted by molar-refractivity contribution is 6.32. The quantitative estimate of drug-likeness (QED) is 0.457. The molecule has 0 atom stereocenters. The second-order valence-corrected chi connectivity index (χ2v) is 4.51. The lowest BCUT2D eigenvalue weighted by Crippen LogP contribution is -1.95. The zero-order chi connectivity index (χ0) is 14.7. The molecule has 0 heterocycles. The van der Waals surface area contributed by atoms with Crippen molar-refractivity contribution >= 4 is 28.9 Å². The lowest BCUT2D eigenvalue weighted by Gasteiger charge is -2.11. The first-order valence-electron chi connectivity index (χ1n) is 5.48. The fraction of sp³-hybridized carbons (Fsp3) is 0.0769. The molecule has 0 saturated heterocycles. The molecule has 0 aliphatic carbocycles. The third-order valence-corrected chi connectivity index (χ3v) is 3.12. The molecule has 0 aromatic heterocycles. The fourth-order valence-electron chi connectivity index (χ4n) is 1.57. The van der Waals surface area contributed by atoms with Crippen LogP contribution in [-0.2, 0) is 5.88 Å². The van der Waals surface area contributed by atoms with Crippen molar-refractivity contribution in [3.05, 3.63) is 62.9 Å². The summed E-state index contributed by atoms with van der Waals surface area (Å²) in [4.78, 5) is 9.85. The lowest BCUT2D eigenvalue weighted by atomic mass is 10.2. The molecule has 0 amide bonds. The first kappa shape index (κ1) is 14.6. The van der Waals surface area contributed by atoms with Gasteiger partial charge in [-0.1, -0.05) is 23.7 Å². The maximum absolute atomic E-state index is 13.8. The summed E-state index contributed by atoms with van der Waals surface area (Å²) >= 11 is 11.7. The fourth-order valence-corrected chi connectivity index (χ4v) is 2.01. The molecule has 104 valence electrons. The largest absolute Gasteiger partial charge is 0.452 e. The molecular weight excluding hydrogens is 308 g/mol. The lowest BCUT2D eigenvalue weighted by molar-refractivity contribution is -0.385. The van der Waals surface area contributed by atoms with Crippen molar-refractivity contribution in [3.63, 3.8) is 0 Å². The van der Waals surface area contributed by atoms with E-state index in [9.17, 15) is 14.5 Å². The Kier molecular flexibility index (Phi) is 4.42. The Hall–Kier alpha value is -1.85. The monoisotopic (exact) mass is 315 g/mol. The molecular formula is C13H8Cl2FNO3. The van der Waals surface area contributed by atoms with Gasteiger partial charge in [-0.15, -0.1) is 11.6 Å². The van der Waals surface area contributed by atoms with Gasteiger partial charge in [0.25, 0.3) is 5.69 Å². The zero-order valence-electron chi connectivity index (χ0n) is 9.98. The van der Waals surface area contributed by atoms with Crippen LogP contribution in [0.25, 0.3) is 0 Å². The molecule has 2 aromatic carbocycles. The summed E-state index contributed by atoms with van der Waals surface area (Å²) in [5, 5.41) is 10.8. The van der Waals surface area contributed by atoms with Crippen LogP contribution < -0.4 is 4.74 Å². The molecule has 0 unspecified atom stereocenters. The minimum absolute atomic E-state index is 0.143. The summed E-state index contributed by atoms with van der Waals surface area (Å²) in [6.45, 7) is 0. The van der Waals surface area contributed by atoms with Crippen LogP contribution in [0.3, 0.4) is 0 Å². The van der Waals surface area contributed by atoms with E-state index in [1.165, 1.54) is 6.07 Å². The molecule has 20 heavy (non-hydrogen) atoms. The van der Waals surface area contributed by atoms with E-state index < -0.39 is 10.7 Å². The number of nitrogens with zero attached hydrogens (tertiary/aromatic N) is 1. The molecule has 7 heteroatoms. The van der Waals surface area contributed by atoms with Crippen LogP contribution in [0.1, 0.15) is 5.56 Å². The van der Waals surface area contributed by atoms with Crippen molar-refractivity contribution in [2.45, 2.75) is 5.88 Å². The van der Waals surface area contributed by atoms with Crippen LogP contribution in [0.5, 0.6) is 11.5 Å². The number of benzene rings is 2. The minimum Gasteiger partial charge on any atom is -0.452 e. The number of nitro groups is 1. The number of alkyl halides is 1. The number of hydrogen-bond donors (Lipinski definition) is 0. The van der Waals surface area contributed by atoms with Crippen LogP contribution in [0.2, 0.25) is 5.02 Å². The molecule has 0 fully saturated rings. The van der Waals surface area contributed by atoms with Gasteiger partial charge in [0, 0.05) is 11.6 Å². The summed E-state index contributed by atoms with van der Waals surface area (Å²) < 4.78 is 19.1. The number of para-hydroxylation sites is 1. The van der Waals surface area contributed by atoms with E-state index in [1.807, 2.05) is 0 Å². The Morgan fingerprint density at radius 1 is 1.30 bits per heavy atom. The van der Waals surface area contributed by atoms with Crippen molar-refractivity contribution in [2.75, 3.05) is 0 Å². The smallest absolute Gasteiger partial charge is 0.272 e. The van der Waals surface area contributed by atoms with Gasteiger partial charge in [0.2, 0.25) is 0 Å². The Bertz CT molecular complexity index is 664. The van der Waals surface area contributed by atoms with Crippen LogP contribution in [0, 0.1) is 15.9 Å². The van der Waals surface area contributed by atoms with Crippen molar-refractivity contribution in [3.8, 4) is 11.5 Å². The molecule has 4 nitrogen and oxygen atoms in total. The topological polar surface area (TPSA) is 52.4 Å². The van der Waals surface area contributed by atoms with E-state index in [0.29, 0.717) is 5.56 Å². The number of non-ortho nitro benzene ring substituents is 1. The third-order valence-electron chi connectivity index (χ3n) is 2.53. The second kappa shape index (κ2) is 6.07. The summed E-state index contributed by atoms with van der Waals surface area (Å²) in [7, 11) is 0. The Labute approximate surface area is 123 Å². The first-order valence-corrected chi connectivity index (χ1v) is 6.39. The average Bonchev–Trinajstić information content (AvgIpc) is 2.42. The summed E-state index contributed by atoms with van der Waals surface area (Å²) in [6, 6.07) is 8.07. The number of rotatable bonds is 4. The molecule has 0 N–H and O–H groups in total. The van der Waals surface area contributed by atoms with Crippen molar-refractivity contribution < 1.29 is 14.1 Å². The average molecular weight is 316 g/mol. The first-order chi connectivity index (χ1) is 9.52. The molecule has 0 saturated carbocycles.